The summed E-state index contributed by atoms with van der Waals surface area (Å²) in [7, 11) is 0. The van der Waals surface area contributed by atoms with E-state index in [1.165, 1.54) is 32.5 Å². The Balaban J connectivity index is 1.58. The van der Waals surface area contributed by atoms with Gasteiger partial charge in [-0.15, -0.1) is 0 Å². The molecule has 96 valence electrons. The van der Waals surface area contributed by atoms with E-state index in [9.17, 15) is 0 Å². The molecule has 1 saturated heterocycles. The molecule has 3 heteroatoms. The van der Waals surface area contributed by atoms with Crippen molar-refractivity contribution in [3.05, 3.63) is 24.2 Å². The number of rotatable bonds is 6. The van der Waals surface area contributed by atoms with Gasteiger partial charge < -0.3 is 15.1 Å². The molecule has 1 aliphatic rings. The first-order chi connectivity index (χ1) is 8.34. The van der Waals surface area contributed by atoms with E-state index >= 15 is 0 Å². The average Bonchev–Trinajstić information content (AvgIpc) is 2.88. The first-order valence-electron chi connectivity index (χ1n) is 6.81. The van der Waals surface area contributed by atoms with Gasteiger partial charge in [-0.2, -0.15) is 0 Å². The molecule has 0 saturated carbocycles. The van der Waals surface area contributed by atoms with Crippen LogP contribution in [0, 0.1) is 5.92 Å². The second-order valence-corrected chi connectivity index (χ2v) is 5.12. The zero-order chi connectivity index (χ0) is 11.9. The van der Waals surface area contributed by atoms with E-state index in [1.54, 1.807) is 6.26 Å². The van der Waals surface area contributed by atoms with Gasteiger partial charge >= 0.3 is 0 Å². The third kappa shape index (κ3) is 4.52. The number of piperidine rings is 1. The predicted molar refractivity (Wildman–Crippen MR) is 70.1 cm³/mol. The number of hydrogen-bond donors (Lipinski definition) is 2. The summed E-state index contributed by atoms with van der Waals surface area (Å²) in [6, 6.07) is 4.59. The van der Waals surface area contributed by atoms with Crippen molar-refractivity contribution in [2.45, 2.75) is 38.6 Å². The number of aryl methyl sites for hydroxylation is 1. The Morgan fingerprint density at radius 2 is 2.29 bits per heavy atom. The van der Waals surface area contributed by atoms with Crippen LogP contribution in [-0.4, -0.2) is 25.7 Å². The molecule has 0 aromatic carbocycles. The summed E-state index contributed by atoms with van der Waals surface area (Å²) in [4.78, 5) is 0. The van der Waals surface area contributed by atoms with Gasteiger partial charge in [-0.25, -0.2) is 0 Å². The Morgan fingerprint density at radius 1 is 1.47 bits per heavy atom. The molecule has 1 atom stereocenters. The molecule has 1 aromatic heterocycles. The van der Waals surface area contributed by atoms with Crippen LogP contribution in [0.3, 0.4) is 0 Å². The Morgan fingerprint density at radius 3 is 3.00 bits per heavy atom. The quantitative estimate of drug-likeness (QED) is 0.795. The molecule has 2 N–H and O–H groups in total. The molecule has 2 rings (SSSR count). The fraction of sp³-hybridized carbons (Fsp3) is 0.714. The van der Waals surface area contributed by atoms with Gasteiger partial charge in [-0.05, 0) is 63.9 Å². The van der Waals surface area contributed by atoms with Gasteiger partial charge in [0.1, 0.15) is 5.76 Å². The Hall–Kier alpha value is -0.800. The van der Waals surface area contributed by atoms with Crippen LogP contribution in [0.4, 0.5) is 0 Å². The summed E-state index contributed by atoms with van der Waals surface area (Å²) in [6.45, 7) is 5.81. The third-order valence-corrected chi connectivity index (χ3v) is 3.62. The lowest BCUT2D eigenvalue weighted by molar-refractivity contribution is 0.338. The predicted octanol–water partition coefficient (Wildman–Crippen LogP) is 2.19. The molecule has 0 amide bonds. The Kier molecular flexibility index (Phi) is 5.08. The van der Waals surface area contributed by atoms with Crippen LogP contribution in [0.25, 0.3) is 0 Å². The van der Waals surface area contributed by atoms with Gasteiger partial charge in [-0.1, -0.05) is 0 Å². The van der Waals surface area contributed by atoms with Crippen molar-refractivity contribution >= 4 is 0 Å². The lowest BCUT2D eigenvalue weighted by Gasteiger charge is -2.24. The molecule has 17 heavy (non-hydrogen) atoms. The monoisotopic (exact) mass is 236 g/mol. The molecule has 0 spiro atoms. The highest BCUT2D eigenvalue weighted by atomic mass is 16.3. The van der Waals surface area contributed by atoms with Crippen LogP contribution < -0.4 is 10.6 Å². The summed E-state index contributed by atoms with van der Waals surface area (Å²) in [5.74, 6) is 1.96. The molecule has 0 aliphatic carbocycles. The van der Waals surface area contributed by atoms with Crippen molar-refractivity contribution in [1.82, 2.24) is 10.6 Å². The fourth-order valence-corrected chi connectivity index (χ4v) is 2.37. The normalized spacial score (nSPS) is 19.4. The highest BCUT2D eigenvalue weighted by molar-refractivity contribution is 4.98. The second-order valence-electron chi connectivity index (χ2n) is 5.12. The van der Waals surface area contributed by atoms with Crippen LogP contribution in [0.5, 0.6) is 0 Å². The SMILES string of the molecule is CC(CCc1ccco1)NCC1CCNCC1. The number of nitrogens with one attached hydrogen (secondary N) is 2. The van der Waals surface area contributed by atoms with E-state index in [1.807, 2.05) is 6.07 Å². The van der Waals surface area contributed by atoms with Crippen LogP contribution in [0.15, 0.2) is 22.8 Å². The number of hydrogen-bond acceptors (Lipinski definition) is 3. The summed E-state index contributed by atoms with van der Waals surface area (Å²) < 4.78 is 5.34. The molecule has 1 aliphatic heterocycles. The van der Waals surface area contributed by atoms with Crippen LogP contribution >= 0.6 is 0 Å². The zero-order valence-electron chi connectivity index (χ0n) is 10.7. The second kappa shape index (κ2) is 6.82. The maximum atomic E-state index is 5.34. The molecule has 1 unspecified atom stereocenters. The molecule has 0 radical (unpaired) electrons. The third-order valence-electron chi connectivity index (χ3n) is 3.62. The maximum absolute atomic E-state index is 5.34. The van der Waals surface area contributed by atoms with E-state index in [0.29, 0.717) is 6.04 Å². The summed E-state index contributed by atoms with van der Waals surface area (Å²) >= 11 is 0. The van der Waals surface area contributed by atoms with Gasteiger partial charge in [0.15, 0.2) is 0 Å². The van der Waals surface area contributed by atoms with E-state index in [0.717, 1.165) is 24.5 Å². The zero-order valence-corrected chi connectivity index (χ0v) is 10.7. The summed E-state index contributed by atoms with van der Waals surface area (Å²) in [5.41, 5.74) is 0. The van der Waals surface area contributed by atoms with Crippen molar-refractivity contribution in [1.29, 1.82) is 0 Å². The molecule has 3 nitrogen and oxygen atoms in total. The smallest absolute Gasteiger partial charge is 0.103 e. The first kappa shape index (κ1) is 12.7. The minimum absolute atomic E-state index is 0.579. The van der Waals surface area contributed by atoms with Crippen LogP contribution in [0.2, 0.25) is 0 Å². The van der Waals surface area contributed by atoms with Gasteiger partial charge in [0, 0.05) is 12.5 Å². The summed E-state index contributed by atoms with van der Waals surface area (Å²) in [5, 5.41) is 7.05. The van der Waals surface area contributed by atoms with Gasteiger partial charge in [-0.3, -0.25) is 0 Å². The highest BCUT2D eigenvalue weighted by Gasteiger charge is 2.13. The van der Waals surface area contributed by atoms with E-state index in [2.05, 4.69) is 23.6 Å². The molecule has 0 bridgehead atoms. The van der Waals surface area contributed by atoms with Crippen molar-refractivity contribution in [2.75, 3.05) is 19.6 Å². The molecule has 2 heterocycles. The molecular weight excluding hydrogens is 212 g/mol. The lowest BCUT2D eigenvalue weighted by Crippen LogP contribution is -2.37. The van der Waals surface area contributed by atoms with Crippen LogP contribution in [-0.2, 0) is 6.42 Å². The standard InChI is InChI=1S/C14H24N2O/c1-12(4-5-14-3-2-10-17-14)16-11-13-6-8-15-9-7-13/h2-3,10,12-13,15-16H,4-9,11H2,1H3. The van der Waals surface area contributed by atoms with Crippen LogP contribution in [0.1, 0.15) is 31.9 Å². The van der Waals surface area contributed by atoms with Gasteiger partial charge in [0.05, 0.1) is 6.26 Å². The van der Waals surface area contributed by atoms with Gasteiger partial charge in [0.2, 0.25) is 0 Å². The van der Waals surface area contributed by atoms with Crippen molar-refractivity contribution < 1.29 is 4.42 Å². The van der Waals surface area contributed by atoms with Crippen molar-refractivity contribution in [3.63, 3.8) is 0 Å². The lowest BCUT2D eigenvalue weighted by atomic mass is 9.97. The molecule has 1 fully saturated rings. The maximum Gasteiger partial charge on any atom is 0.103 e. The van der Waals surface area contributed by atoms with Crippen molar-refractivity contribution in [3.8, 4) is 0 Å². The molecule has 1 aromatic rings. The molecular formula is C14H24N2O. The first-order valence-corrected chi connectivity index (χ1v) is 6.81. The largest absolute Gasteiger partial charge is 0.469 e. The van der Waals surface area contributed by atoms with E-state index < -0.39 is 0 Å². The van der Waals surface area contributed by atoms with E-state index in [-0.39, 0.29) is 0 Å². The van der Waals surface area contributed by atoms with E-state index in [4.69, 9.17) is 4.42 Å². The highest BCUT2D eigenvalue weighted by Crippen LogP contribution is 2.11. The topological polar surface area (TPSA) is 37.2 Å². The van der Waals surface area contributed by atoms with Gasteiger partial charge in [0.25, 0.3) is 0 Å². The fourth-order valence-electron chi connectivity index (χ4n) is 2.37. The minimum atomic E-state index is 0.579. The Labute approximate surface area is 104 Å². The average molecular weight is 236 g/mol. The summed E-state index contributed by atoms with van der Waals surface area (Å²) in [6.07, 6.45) is 6.57. The minimum Gasteiger partial charge on any atom is -0.469 e. The number of furan rings is 1. The van der Waals surface area contributed by atoms with Crippen molar-refractivity contribution in [2.24, 2.45) is 5.92 Å². The Bertz CT molecular complexity index is 291.